The third-order valence-electron chi connectivity index (χ3n) is 2.56. The zero-order valence-electron chi connectivity index (χ0n) is 10.2. The van der Waals surface area contributed by atoms with Crippen LogP contribution in [0, 0.1) is 11.3 Å². The Kier molecular flexibility index (Phi) is 3.84. The van der Waals surface area contributed by atoms with Crippen molar-refractivity contribution in [2.45, 2.75) is 4.90 Å². The molecular weight excluding hydrogens is 298 g/mol. The van der Waals surface area contributed by atoms with E-state index in [1.807, 2.05) is 6.07 Å². The first-order chi connectivity index (χ1) is 9.44. The maximum atomic E-state index is 12.3. The van der Waals surface area contributed by atoms with Gasteiger partial charge in [0, 0.05) is 5.02 Å². The SMILES string of the molecule is N#Cc1ccccc1S(=O)(=O)Nc1cc(Cl)ccc1N. The predicted octanol–water partition coefficient (Wildman–Crippen LogP) is 2.59. The Morgan fingerprint density at radius 2 is 1.90 bits per heavy atom. The number of nitriles is 1. The number of nitrogen functional groups attached to an aromatic ring is 1. The first-order valence-electron chi connectivity index (χ1n) is 5.51. The first kappa shape index (κ1) is 14.2. The van der Waals surface area contributed by atoms with E-state index < -0.39 is 10.0 Å². The Hall–Kier alpha value is -2.23. The molecule has 3 N–H and O–H groups in total. The van der Waals surface area contributed by atoms with E-state index in [2.05, 4.69) is 4.72 Å². The standard InChI is InChI=1S/C13H10ClN3O2S/c14-10-5-6-11(16)12(7-10)17-20(18,19)13-4-2-1-3-9(13)8-15/h1-7,17H,16H2. The van der Waals surface area contributed by atoms with E-state index in [9.17, 15) is 8.42 Å². The van der Waals surface area contributed by atoms with Gasteiger partial charge in [-0.05, 0) is 30.3 Å². The molecule has 0 spiro atoms. The molecule has 0 atom stereocenters. The molecule has 0 saturated carbocycles. The highest BCUT2D eigenvalue weighted by Gasteiger charge is 2.19. The molecule has 20 heavy (non-hydrogen) atoms. The number of benzene rings is 2. The molecule has 102 valence electrons. The smallest absolute Gasteiger partial charge is 0.263 e. The minimum Gasteiger partial charge on any atom is -0.397 e. The monoisotopic (exact) mass is 307 g/mol. The summed E-state index contributed by atoms with van der Waals surface area (Å²) in [4.78, 5) is -0.109. The van der Waals surface area contributed by atoms with Crippen molar-refractivity contribution in [2.75, 3.05) is 10.5 Å². The molecule has 0 unspecified atom stereocenters. The molecule has 0 saturated heterocycles. The van der Waals surface area contributed by atoms with Crippen LogP contribution < -0.4 is 10.5 Å². The number of hydrogen-bond donors (Lipinski definition) is 2. The molecular formula is C13H10ClN3O2S. The fourth-order valence-corrected chi connectivity index (χ4v) is 3.02. The van der Waals surface area contributed by atoms with Gasteiger partial charge in [0.1, 0.15) is 11.0 Å². The van der Waals surface area contributed by atoms with Crippen LogP contribution in [0.4, 0.5) is 11.4 Å². The molecule has 0 aliphatic carbocycles. The highest BCUT2D eigenvalue weighted by molar-refractivity contribution is 7.92. The highest BCUT2D eigenvalue weighted by atomic mass is 35.5. The summed E-state index contributed by atoms with van der Waals surface area (Å²) in [6, 6.07) is 12.2. The number of nitrogens with two attached hydrogens (primary N) is 1. The van der Waals surface area contributed by atoms with Crippen molar-refractivity contribution in [1.29, 1.82) is 5.26 Å². The normalized spacial score (nSPS) is 10.8. The summed E-state index contributed by atoms with van der Waals surface area (Å²) >= 11 is 5.81. The summed E-state index contributed by atoms with van der Waals surface area (Å²) in [6.45, 7) is 0. The second kappa shape index (κ2) is 5.41. The Labute approximate surface area is 121 Å². The number of nitrogens with one attached hydrogen (secondary N) is 1. The van der Waals surface area contributed by atoms with E-state index in [1.165, 1.54) is 30.3 Å². The zero-order valence-corrected chi connectivity index (χ0v) is 11.7. The summed E-state index contributed by atoms with van der Waals surface area (Å²) in [5.41, 5.74) is 6.17. The lowest BCUT2D eigenvalue weighted by Gasteiger charge is -2.11. The number of rotatable bonds is 3. The van der Waals surface area contributed by atoms with Gasteiger partial charge < -0.3 is 5.73 Å². The van der Waals surface area contributed by atoms with Gasteiger partial charge in [0.25, 0.3) is 10.0 Å². The van der Waals surface area contributed by atoms with E-state index in [0.717, 1.165) is 0 Å². The van der Waals surface area contributed by atoms with Crippen LogP contribution in [0.1, 0.15) is 5.56 Å². The summed E-state index contributed by atoms with van der Waals surface area (Å²) in [5, 5.41) is 9.31. The van der Waals surface area contributed by atoms with E-state index >= 15 is 0 Å². The van der Waals surface area contributed by atoms with Crippen LogP contribution in [0.25, 0.3) is 0 Å². The lowest BCUT2D eigenvalue weighted by atomic mass is 10.2. The maximum absolute atomic E-state index is 12.3. The van der Waals surface area contributed by atoms with Crippen molar-refractivity contribution in [2.24, 2.45) is 0 Å². The molecule has 0 fully saturated rings. The lowest BCUT2D eigenvalue weighted by Crippen LogP contribution is -2.15. The Bertz CT molecular complexity index is 798. The average Bonchev–Trinajstić information content (AvgIpc) is 2.42. The number of halogens is 1. The number of nitrogens with zero attached hydrogens (tertiary/aromatic N) is 1. The van der Waals surface area contributed by atoms with Gasteiger partial charge in [-0.2, -0.15) is 5.26 Å². The summed E-state index contributed by atoms with van der Waals surface area (Å²) in [5.74, 6) is 0. The molecule has 0 bridgehead atoms. The van der Waals surface area contributed by atoms with Crippen LogP contribution in [-0.4, -0.2) is 8.42 Å². The molecule has 0 aliphatic rings. The van der Waals surface area contributed by atoms with E-state index in [1.54, 1.807) is 12.1 Å². The van der Waals surface area contributed by atoms with Crippen LogP contribution in [0.2, 0.25) is 5.02 Å². The average molecular weight is 308 g/mol. The van der Waals surface area contributed by atoms with Crippen molar-refractivity contribution >= 4 is 33.0 Å². The summed E-state index contributed by atoms with van der Waals surface area (Å²) in [7, 11) is -3.91. The number of sulfonamides is 1. The fraction of sp³-hybridized carbons (Fsp3) is 0. The van der Waals surface area contributed by atoms with Crippen molar-refractivity contribution in [1.82, 2.24) is 0 Å². The van der Waals surface area contributed by atoms with E-state index in [4.69, 9.17) is 22.6 Å². The molecule has 2 aromatic rings. The van der Waals surface area contributed by atoms with Crippen LogP contribution in [0.5, 0.6) is 0 Å². The Morgan fingerprint density at radius 3 is 2.60 bits per heavy atom. The molecule has 0 amide bonds. The van der Waals surface area contributed by atoms with Crippen LogP contribution in [-0.2, 0) is 10.0 Å². The fourth-order valence-electron chi connectivity index (χ4n) is 1.61. The van der Waals surface area contributed by atoms with Crippen molar-refractivity contribution in [3.05, 3.63) is 53.1 Å². The van der Waals surface area contributed by atoms with Gasteiger partial charge >= 0.3 is 0 Å². The van der Waals surface area contributed by atoms with Crippen molar-refractivity contribution < 1.29 is 8.42 Å². The van der Waals surface area contributed by atoms with Gasteiger partial charge in [0.15, 0.2) is 0 Å². The molecule has 0 aliphatic heterocycles. The van der Waals surface area contributed by atoms with Gasteiger partial charge in [-0.3, -0.25) is 4.72 Å². The lowest BCUT2D eigenvalue weighted by molar-refractivity contribution is 0.601. The van der Waals surface area contributed by atoms with Gasteiger partial charge in [0.2, 0.25) is 0 Å². The highest BCUT2D eigenvalue weighted by Crippen LogP contribution is 2.26. The largest absolute Gasteiger partial charge is 0.397 e. The van der Waals surface area contributed by atoms with Gasteiger partial charge in [-0.25, -0.2) is 8.42 Å². The Balaban J connectivity index is 2.47. The summed E-state index contributed by atoms with van der Waals surface area (Å²) < 4.78 is 26.9. The van der Waals surface area contributed by atoms with Crippen LogP contribution >= 0.6 is 11.6 Å². The van der Waals surface area contributed by atoms with Gasteiger partial charge in [-0.15, -0.1) is 0 Å². The third kappa shape index (κ3) is 2.85. The molecule has 7 heteroatoms. The number of hydrogen-bond acceptors (Lipinski definition) is 4. The molecule has 0 heterocycles. The van der Waals surface area contributed by atoms with Crippen molar-refractivity contribution in [3.63, 3.8) is 0 Å². The molecule has 5 nitrogen and oxygen atoms in total. The zero-order chi connectivity index (χ0) is 14.8. The minimum atomic E-state index is -3.91. The maximum Gasteiger partial charge on any atom is 0.263 e. The minimum absolute atomic E-state index is 0.0561. The molecule has 2 rings (SSSR count). The quantitative estimate of drug-likeness (QED) is 0.852. The van der Waals surface area contributed by atoms with E-state index in [0.29, 0.717) is 5.02 Å². The first-order valence-corrected chi connectivity index (χ1v) is 7.37. The van der Waals surface area contributed by atoms with Gasteiger partial charge in [-0.1, -0.05) is 23.7 Å². The molecule has 0 aromatic heterocycles. The molecule has 0 radical (unpaired) electrons. The van der Waals surface area contributed by atoms with Crippen LogP contribution in [0.3, 0.4) is 0 Å². The number of anilines is 2. The topological polar surface area (TPSA) is 96.0 Å². The Morgan fingerprint density at radius 1 is 1.20 bits per heavy atom. The molecule has 2 aromatic carbocycles. The third-order valence-corrected chi connectivity index (χ3v) is 4.22. The van der Waals surface area contributed by atoms with Crippen molar-refractivity contribution in [3.8, 4) is 6.07 Å². The van der Waals surface area contributed by atoms with Crippen LogP contribution in [0.15, 0.2) is 47.4 Å². The van der Waals surface area contributed by atoms with Gasteiger partial charge in [0.05, 0.1) is 16.9 Å². The second-order valence-electron chi connectivity index (χ2n) is 3.95. The predicted molar refractivity (Wildman–Crippen MR) is 77.8 cm³/mol. The second-order valence-corrected chi connectivity index (χ2v) is 6.03. The van der Waals surface area contributed by atoms with E-state index in [-0.39, 0.29) is 21.8 Å². The summed E-state index contributed by atoms with van der Waals surface area (Å²) in [6.07, 6.45) is 0.